The van der Waals surface area contributed by atoms with Crippen LogP contribution in [0.2, 0.25) is 0 Å². The van der Waals surface area contributed by atoms with E-state index in [1.165, 1.54) is 12.1 Å². The lowest BCUT2D eigenvalue weighted by Gasteiger charge is -2.37. The van der Waals surface area contributed by atoms with Gasteiger partial charge in [-0.3, -0.25) is 4.79 Å². The van der Waals surface area contributed by atoms with Crippen LogP contribution in [-0.4, -0.2) is 37.0 Å². The fourth-order valence-electron chi connectivity index (χ4n) is 3.55. The topological polar surface area (TPSA) is 59.9 Å². The van der Waals surface area contributed by atoms with Crippen molar-refractivity contribution < 1.29 is 18.8 Å². The van der Waals surface area contributed by atoms with E-state index in [9.17, 15) is 9.18 Å². The van der Waals surface area contributed by atoms with Crippen molar-refractivity contribution in [2.45, 2.75) is 58.1 Å². The summed E-state index contributed by atoms with van der Waals surface area (Å²) in [6.07, 6.45) is 3.39. The van der Waals surface area contributed by atoms with Crippen molar-refractivity contribution in [1.29, 1.82) is 0 Å². The van der Waals surface area contributed by atoms with E-state index in [1.807, 2.05) is 6.92 Å². The molecule has 1 amide bonds. The molecule has 1 aromatic carbocycles. The second-order valence-electron chi connectivity index (χ2n) is 7.36. The van der Waals surface area contributed by atoms with E-state index in [0.29, 0.717) is 38.9 Å². The van der Waals surface area contributed by atoms with Gasteiger partial charge in [-0.15, -0.1) is 0 Å². The zero-order valence-electron chi connectivity index (χ0n) is 15.5. The zero-order chi connectivity index (χ0) is 18.6. The van der Waals surface area contributed by atoms with Crippen molar-refractivity contribution >= 4 is 11.6 Å². The molecular weight excluding hydrogens is 335 g/mol. The van der Waals surface area contributed by atoms with Gasteiger partial charge in [0.05, 0.1) is 11.1 Å². The first-order valence-corrected chi connectivity index (χ1v) is 9.40. The number of halogens is 1. The number of rotatable bonds is 6. The molecule has 142 valence electrons. The number of carbonyl (C=O) groups excluding carboxylic acids is 1. The number of benzene rings is 1. The maximum absolute atomic E-state index is 13.1. The highest BCUT2D eigenvalue weighted by Gasteiger charge is 2.43. The third-order valence-electron chi connectivity index (χ3n) is 5.45. The number of hydrogen-bond acceptors (Lipinski definition) is 4. The Morgan fingerprint density at radius 2 is 2.04 bits per heavy atom. The van der Waals surface area contributed by atoms with Crippen molar-refractivity contribution in [3.8, 4) is 0 Å². The third-order valence-corrected chi connectivity index (χ3v) is 5.45. The van der Waals surface area contributed by atoms with Gasteiger partial charge in [0, 0.05) is 32.1 Å². The van der Waals surface area contributed by atoms with E-state index in [2.05, 4.69) is 17.4 Å². The molecule has 0 unspecified atom stereocenters. The van der Waals surface area contributed by atoms with Crippen LogP contribution in [0.3, 0.4) is 0 Å². The summed E-state index contributed by atoms with van der Waals surface area (Å²) in [6, 6.07) is 6.41. The van der Waals surface area contributed by atoms with E-state index in [4.69, 9.17) is 9.57 Å². The molecule has 0 spiro atoms. The summed E-state index contributed by atoms with van der Waals surface area (Å²) >= 11 is 0. The van der Waals surface area contributed by atoms with Gasteiger partial charge in [0.2, 0.25) is 5.91 Å². The van der Waals surface area contributed by atoms with Gasteiger partial charge in [-0.1, -0.05) is 24.2 Å². The Morgan fingerprint density at radius 1 is 1.35 bits per heavy atom. The van der Waals surface area contributed by atoms with Crippen LogP contribution in [0.15, 0.2) is 29.4 Å². The Kier molecular flexibility index (Phi) is 5.91. The minimum absolute atomic E-state index is 0.0917. The molecule has 1 N–H and O–H groups in total. The molecular formula is C20H27FN2O3. The number of nitrogens with zero attached hydrogens (tertiary/aromatic N) is 1. The summed E-state index contributed by atoms with van der Waals surface area (Å²) < 4.78 is 18.6. The molecule has 1 saturated heterocycles. The van der Waals surface area contributed by atoms with Gasteiger partial charge in [-0.25, -0.2) is 4.39 Å². The summed E-state index contributed by atoms with van der Waals surface area (Å²) in [6.45, 7) is 5.26. The summed E-state index contributed by atoms with van der Waals surface area (Å²) in [7, 11) is 0. The van der Waals surface area contributed by atoms with Crippen LogP contribution in [-0.2, 0) is 14.4 Å². The highest BCUT2D eigenvalue weighted by molar-refractivity contribution is 6.01. The van der Waals surface area contributed by atoms with Gasteiger partial charge in [-0.05, 0) is 43.9 Å². The molecule has 1 aromatic rings. The summed E-state index contributed by atoms with van der Waals surface area (Å²) in [4.78, 5) is 18.6. The lowest BCUT2D eigenvalue weighted by molar-refractivity contribution is -0.140. The van der Waals surface area contributed by atoms with Gasteiger partial charge in [0.15, 0.2) is 0 Å². The fourth-order valence-corrected chi connectivity index (χ4v) is 3.55. The van der Waals surface area contributed by atoms with Crippen molar-refractivity contribution in [3.05, 3.63) is 35.6 Å². The third kappa shape index (κ3) is 4.23. The van der Waals surface area contributed by atoms with Crippen molar-refractivity contribution in [2.75, 3.05) is 13.2 Å². The average Bonchev–Trinajstić information content (AvgIpc) is 3.11. The number of amides is 1. The second-order valence-corrected chi connectivity index (χ2v) is 7.36. The molecule has 5 nitrogen and oxygen atoms in total. The van der Waals surface area contributed by atoms with Crippen molar-refractivity contribution in [1.82, 2.24) is 5.32 Å². The van der Waals surface area contributed by atoms with Gasteiger partial charge in [0.1, 0.15) is 11.9 Å². The van der Waals surface area contributed by atoms with Crippen LogP contribution in [0.4, 0.5) is 4.39 Å². The van der Waals surface area contributed by atoms with E-state index in [1.54, 1.807) is 12.1 Å². The molecule has 6 heteroatoms. The summed E-state index contributed by atoms with van der Waals surface area (Å²) in [5.74, 6) is -0.179. The van der Waals surface area contributed by atoms with Gasteiger partial charge in [0.25, 0.3) is 0 Å². The average molecular weight is 362 g/mol. The number of hydrogen-bond donors (Lipinski definition) is 1. The molecule has 0 saturated carbocycles. The standard InChI is InChI=1S/C20H27FN2O3/c1-3-14(2)22-19(24)20(8-10-25-11-9-20)13-17-12-18(23-26-17)15-4-6-16(21)7-5-15/h4-7,14,17H,3,8-13H2,1-2H3,(H,22,24)/t14-,17-/m1/s1. The molecule has 2 aliphatic rings. The quantitative estimate of drug-likeness (QED) is 0.843. The maximum atomic E-state index is 13.1. The lowest BCUT2D eigenvalue weighted by Crippen LogP contribution is -2.48. The van der Waals surface area contributed by atoms with Crippen molar-refractivity contribution in [2.24, 2.45) is 10.6 Å². The van der Waals surface area contributed by atoms with Crippen LogP contribution in [0.1, 0.15) is 51.5 Å². The minimum atomic E-state index is -0.472. The molecule has 1 fully saturated rings. The van der Waals surface area contributed by atoms with Crippen LogP contribution >= 0.6 is 0 Å². The SMILES string of the molecule is CC[C@@H](C)NC(=O)C1(C[C@H]2CC(c3ccc(F)cc3)=NO2)CCOCC1. The van der Waals surface area contributed by atoms with Gasteiger partial charge < -0.3 is 14.9 Å². The normalized spacial score (nSPS) is 23.0. The highest BCUT2D eigenvalue weighted by Crippen LogP contribution is 2.38. The first-order valence-electron chi connectivity index (χ1n) is 9.40. The molecule has 0 radical (unpaired) electrons. The molecule has 26 heavy (non-hydrogen) atoms. The Morgan fingerprint density at radius 3 is 2.69 bits per heavy atom. The minimum Gasteiger partial charge on any atom is -0.392 e. The van der Waals surface area contributed by atoms with Crippen LogP contribution < -0.4 is 5.32 Å². The smallest absolute Gasteiger partial charge is 0.226 e. The molecule has 0 aromatic heterocycles. The first kappa shape index (κ1) is 18.8. The van der Waals surface area contributed by atoms with E-state index >= 15 is 0 Å². The summed E-state index contributed by atoms with van der Waals surface area (Å²) in [5.41, 5.74) is 1.19. The first-order chi connectivity index (χ1) is 12.5. The highest BCUT2D eigenvalue weighted by atomic mass is 19.1. The Hall–Kier alpha value is -1.95. The molecule has 2 heterocycles. The van der Waals surface area contributed by atoms with Crippen molar-refractivity contribution in [3.63, 3.8) is 0 Å². The molecule has 2 atom stereocenters. The monoisotopic (exact) mass is 362 g/mol. The molecule has 0 aliphatic carbocycles. The largest absolute Gasteiger partial charge is 0.392 e. The fraction of sp³-hybridized carbons (Fsp3) is 0.600. The molecule has 3 rings (SSSR count). The van der Waals surface area contributed by atoms with E-state index in [-0.39, 0.29) is 23.9 Å². The second kappa shape index (κ2) is 8.16. The number of ether oxygens (including phenoxy) is 1. The predicted octanol–water partition coefficient (Wildman–Crippen LogP) is 3.42. The molecule has 2 aliphatic heterocycles. The number of oxime groups is 1. The lowest BCUT2D eigenvalue weighted by atomic mass is 9.74. The molecule has 0 bridgehead atoms. The van der Waals surface area contributed by atoms with Gasteiger partial charge in [-0.2, -0.15) is 0 Å². The number of carbonyl (C=O) groups is 1. The van der Waals surface area contributed by atoms with E-state index < -0.39 is 5.41 Å². The van der Waals surface area contributed by atoms with Gasteiger partial charge >= 0.3 is 0 Å². The van der Waals surface area contributed by atoms with Crippen LogP contribution in [0.5, 0.6) is 0 Å². The Balaban J connectivity index is 1.66. The van der Waals surface area contributed by atoms with E-state index in [0.717, 1.165) is 17.7 Å². The Labute approximate surface area is 153 Å². The summed E-state index contributed by atoms with van der Waals surface area (Å²) in [5, 5.41) is 7.32. The predicted molar refractivity (Wildman–Crippen MR) is 97.4 cm³/mol. The van der Waals surface area contributed by atoms with Crippen LogP contribution in [0.25, 0.3) is 0 Å². The Bertz CT molecular complexity index is 654. The number of nitrogens with one attached hydrogen (secondary N) is 1. The van der Waals surface area contributed by atoms with Crippen LogP contribution in [0, 0.1) is 11.2 Å². The zero-order valence-corrected chi connectivity index (χ0v) is 15.5. The maximum Gasteiger partial charge on any atom is 0.226 e.